The van der Waals surface area contributed by atoms with Crippen LogP contribution in [0.5, 0.6) is 0 Å². The molecule has 20 heavy (non-hydrogen) atoms. The Balaban J connectivity index is 1.92. The largest absolute Gasteiger partial charge is 0.388 e. The first-order valence-electron chi connectivity index (χ1n) is 6.28. The Morgan fingerprint density at radius 2 is 1.90 bits per heavy atom. The Labute approximate surface area is 131 Å². The fourth-order valence-electron chi connectivity index (χ4n) is 2.17. The van der Waals surface area contributed by atoms with Crippen LogP contribution in [0.25, 0.3) is 6.08 Å². The first-order chi connectivity index (χ1) is 9.67. The maximum absolute atomic E-state index is 12.3. The number of fused-ring (bicyclic) bond motifs is 1. The summed E-state index contributed by atoms with van der Waals surface area (Å²) in [5, 5.41) is 6.25. The fourth-order valence-corrected chi connectivity index (χ4v) is 2.67. The van der Waals surface area contributed by atoms with Gasteiger partial charge in [-0.25, -0.2) is 0 Å². The lowest BCUT2D eigenvalue weighted by molar-refractivity contribution is 0.104. The van der Waals surface area contributed by atoms with Crippen LogP contribution in [0.2, 0.25) is 0 Å². The van der Waals surface area contributed by atoms with Crippen molar-refractivity contribution >= 4 is 45.8 Å². The van der Waals surface area contributed by atoms with Gasteiger partial charge in [-0.1, -0.05) is 12.1 Å². The molecule has 1 aliphatic rings. The highest BCUT2D eigenvalue weighted by molar-refractivity contribution is 14.1. The van der Waals surface area contributed by atoms with E-state index in [0.29, 0.717) is 5.70 Å². The van der Waals surface area contributed by atoms with Gasteiger partial charge in [0.2, 0.25) is 5.78 Å². The number of Topliss-reactive ketones (excluding diaryl/α,β-unsaturated/α-hetero) is 1. The standard InChI is InChI=1S/C16H13IN2O/c1-18-12-5-2-10(3-6-12)8-15-16(20)13-9-11(17)4-7-14(13)19-15/h2-9,18-19H,1H3/b15-8-. The summed E-state index contributed by atoms with van der Waals surface area (Å²) in [7, 11) is 1.88. The quantitative estimate of drug-likeness (QED) is 0.616. The van der Waals surface area contributed by atoms with Crippen LogP contribution in [-0.4, -0.2) is 12.8 Å². The third-order valence-corrected chi connectivity index (χ3v) is 3.92. The third-order valence-electron chi connectivity index (χ3n) is 3.25. The zero-order valence-corrected chi connectivity index (χ0v) is 13.1. The van der Waals surface area contributed by atoms with Crippen LogP contribution in [0.15, 0.2) is 48.2 Å². The predicted molar refractivity (Wildman–Crippen MR) is 91.1 cm³/mol. The minimum atomic E-state index is 0.0520. The molecule has 0 saturated heterocycles. The van der Waals surface area contributed by atoms with Crippen molar-refractivity contribution in [1.82, 2.24) is 0 Å². The van der Waals surface area contributed by atoms with Crippen LogP contribution in [0, 0.1) is 3.57 Å². The topological polar surface area (TPSA) is 41.1 Å². The normalized spacial score (nSPS) is 15.1. The summed E-state index contributed by atoms with van der Waals surface area (Å²) in [5.74, 6) is 0.0520. The Hall–Kier alpha value is -1.82. The van der Waals surface area contributed by atoms with E-state index in [1.54, 1.807) is 0 Å². The van der Waals surface area contributed by atoms with E-state index in [2.05, 4.69) is 33.2 Å². The number of hydrogen-bond acceptors (Lipinski definition) is 3. The highest BCUT2D eigenvalue weighted by atomic mass is 127. The van der Waals surface area contributed by atoms with E-state index in [-0.39, 0.29) is 5.78 Å². The van der Waals surface area contributed by atoms with Crippen molar-refractivity contribution in [3.05, 3.63) is 62.9 Å². The fraction of sp³-hybridized carbons (Fsp3) is 0.0625. The number of halogens is 1. The number of allylic oxidation sites excluding steroid dienone is 1. The predicted octanol–water partition coefficient (Wildman–Crippen LogP) is 3.98. The SMILES string of the molecule is CNc1ccc(/C=C2\Nc3ccc(I)cc3C2=O)cc1. The smallest absolute Gasteiger partial charge is 0.211 e. The van der Waals surface area contributed by atoms with Crippen molar-refractivity contribution in [2.75, 3.05) is 17.7 Å². The number of carbonyl (C=O) groups excluding carboxylic acids is 1. The third kappa shape index (κ3) is 2.43. The van der Waals surface area contributed by atoms with Crippen molar-refractivity contribution in [2.24, 2.45) is 0 Å². The van der Waals surface area contributed by atoms with E-state index in [0.717, 1.165) is 26.1 Å². The summed E-state index contributed by atoms with van der Waals surface area (Å²) >= 11 is 2.22. The summed E-state index contributed by atoms with van der Waals surface area (Å²) in [6, 6.07) is 13.8. The Bertz CT molecular complexity index is 705. The average molecular weight is 376 g/mol. The number of hydrogen-bond donors (Lipinski definition) is 2. The van der Waals surface area contributed by atoms with Gasteiger partial charge in [-0.3, -0.25) is 4.79 Å². The minimum Gasteiger partial charge on any atom is -0.388 e. The lowest BCUT2D eigenvalue weighted by Crippen LogP contribution is -1.99. The van der Waals surface area contributed by atoms with E-state index < -0.39 is 0 Å². The number of anilines is 2. The van der Waals surface area contributed by atoms with Crippen molar-refractivity contribution in [3.63, 3.8) is 0 Å². The van der Waals surface area contributed by atoms with Crippen LogP contribution < -0.4 is 10.6 Å². The van der Waals surface area contributed by atoms with E-state index >= 15 is 0 Å². The summed E-state index contributed by atoms with van der Waals surface area (Å²) in [6.45, 7) is 0. The molecule has 3 rings (SSSR count). The molecular formula is C16H13IN2O. The molecule has 0 aliphatic carbocycles. The van der Waals surface area contributed by atoms with Gasteiger partial charge in [0.15, 0.2) is 0 Å². The molecule has 0 atom stereocenters. The Kier molecular flexibility index (Phi) is 3.48. The second-order valence-electron chi connectivity index (χ2n) is 4.57. The number of nitrogens with one attached hydrogen (secondary N) is 2. The molecule has 4 heteroatoms. The van der Waals surface area contributed by atoms with Crippen LogP contribution in [-0.2, 0) is 0 Å². The van der Waals surface area contributed by atoms with Gasteiger partial charge >= 0.3 is 0 Å². The van der Waals surface area contributed by atoms with Crippen LogP contribution >= 0.6 is 22.6 Å². The van der Waals surface area contributed by atoms with Gasteiger partial charge in [0.05, 0.1) is 5.70 Å². The van der Waals surface area contributed by atoms with Gasteiger partial charge in [-0.15, -0.1) is 0 Å². The molecule has 0 aromatic heterocycles. The zero-order valence-electron chi connectivity index (χ0n) is 10.9. The van der Waals surface area contributed by atoms with Crippen LogP contribution in [0.1, 0.15) is 15.9 Å². The van der Waals surface area contributed by atoms with Crippen molar-refractivity contribution in [3.8, 4) is 0 Å². The summed E-state index contributed by atoms with van der Waals surface area (Å²) < 4.78 is 1.07. The van der Waals surface area contributed by atoms with E-state index in [1.165, 1.54) is 0 Å². The Morgan fingerprint density at radius 3 is 2.60 bits per heavy atom. The monoisotopic (exact) mass is 376 g/mol. The first-order valence-corrected chi connectivity index (χ1v) is 7.36. The molecule has 0 spiro atoms. The van der Waals surface area contributed by atoms with E-state index in [9.17, 15) is 4.79 Å². The molecule has 0 radical (unpaired) electrons. The van der Waals surface area contributed by atoms with Gasteiger partial charge in [-0.2, -0.15) is 0 Å². The van der Waals surface area contributed by atoms with Gasteiger partial charge in [0, 0.05) is 27.6 Å². The summed E-state index contributed by atoms with van der Waals surface area (Å²) in [6.07, 6.45) is 1.88. The molecule has 2 aromatic rings. The van der Waals surface area contributed by atoms with Gasteiger partial charge in [0.1, 0.15) is 0 Å². The van der Waals surface area contributed by atoms with Gasteiger partial charge in [-0.05, 0) is 64.6 Å². The second-order valence-corrected chi connectivity index (χ2v) is 5.82. The molecule has 0 amide bonds. The molecule has 0 bridgehead atoms. The highest BCUT2D eigenvalue weighted by Gasteiger charge is 2.24. The number of benzene rings is 2. The summed E-state index contributed by atoms with van der Waals surface area (Å²) in [4.78, 5) is 12.3. The zero-order chi connectivity index (χ0) is 14.1. The average Bonchev–Trinajstić information content (AvgIpc) is 2.76. The summed E-state index contributed by atoms with van der Waals surface area (Å²) in [5.41, 5.74) is 4.31. The molecule has 0 saturated carbocycles. The first kappa shape index (κ1) is 13.2. The van der Waals surface area contributed by atoms with Gasteiger partial charge < -0.3 is 10.6 Å². The van der Waals surface area contributed by atoms with Crippen LogP contribution in [0.4, 0.5) is 11.4 Å². The molecule has 100 valence electrons. The highest BCUT2D eigenvalue weighted by Crippen LogP contribution is 2.30. The number of carbonyl (C=O) groups is 1. The minimum absolute atomic E-state index is 0.0520. The van der Waals surface area contributed by atoms with Crippen molar-refractivity contribution in [1.29, 1.82) is 0 Å². The molecule has 1 aliphatic heterocycles. The molecule has 2 N–H and O–H groups in total. The lowest BCUT2D eigenvalue weighted by Gasteiger charge is -2.01. The second kappa shape index (κ2) is 5.28. The maximum Gasteiger partial charge on any atom is 0.211 e. The van der Waals surface area contributed by atoms with E-state index in [4.69, 9.17) is 0 Å². The Morgan fingerprint density at radius 1 is 1.15 bits per heavy atom. The maximum atomic E-state index is 12.3. The van der Waals surface area contributed by atoms with Crippen molar-refractivity contribution in [2.45, 2.75) is 0 Å². The molecule has 2 aromatic carbocycles. The molecule has 1 heterocycles. The van der Waals surface area contributed by atoms with E-state index in [1.807, 2.05) is 55.6 Å². The van der Waals surface area contributed by atoms with Crippen molar-refractivity contribution < 1.29 is 4.79 Å². The van der Waals surface area contributed by atoms with Gasteiger partial charge in [0.25, 0.3) is 0 Å². The molecular weight excluding hydrogens is 363 g/mol. The molecule has 0 fully saturated rings. The molecule has 3 nitrogen and oxygen atoms in total. The van der Waals surface area contributed by atoms with Crippen LogP contribution in [0.3, 0.4) is 0 Å². The lowest BCUT2D eigenvalue weighted by atomic mass is 10.1. The number of ketones is 1. The number of rotatable bonds is 2. The molecule has 0 unspecified atom stereocenters.